The molecular formula is C32H32FN3O5S. The fraction of sp³-hybridized carbons (Fsp3) is 0.188. The number of nitrogens with one attached hydrogen (secondary N) is 1. The highest BCUT2D eigenvalue weighted by Gasteiger charge is 2.33. The average molecular weight is 590 g/mol. The van der Waals surface area contributed by atoms with Crippen LogP contribution in [0.4, 0.5) is 10.1 Å². The third kappa shape index (κ3) is 7.32. The van der Waals surface area contributed by atoms with Crippen molar-refractivity contribution in [2.45, 2.75) is 30.8 Å². The van der Waals surface area contributed by atoms with Crippen molar-refractivity contribution in [1.29, 1.82) is 0 Å². The van der Waals surface area contributed by atoms with Gasteiger partial charge in [0.1, 0.15) is 29.9 Å². The number of nitrogens with zero attached hydrogens (tertiary/aromatic N) is 2. The number of amides is 2. The monoisotopic (exact) mass is 589 g/mol. The van der Waals surface area contributed by atoms with Gasteiger partial charge < -0.3 is 15.0 Å². The zero-order valence-corrected chi connectivity index (χ0v) is 24.1. The van der Waals surface area contributed by atoms with Crippen LogP contribution in [-0.4, -0.2) is 44.8 Å². The maximum absolute atomic E-state index is 13.9. The molecule has 1 atom stereocenters. The van der Waals surface area contributed by atoms with Gasteiger partial charge in [-0.05, 0) is 72.6 Å². The van der Waals surface area contributed by atoms with Crippen molar-refractivity contribution in [1.82, 2.24) is 10.2 Å². The average Bonchev–Trinajstić information content (AvgIpc) is 3.01. The third-order valence-corrected chi connectivity index (χ3v) is 8.40. The molecule has 0 aliphatic heterocycles. The van der Waals surface area contributed by atoms with Gasteiger partial charge in [0.05, 0.1) is 10.6 Å². The van der Waals surface area contributed by atoms with Crippen LogP contribution in [0, 0.1) is 5.82 Å². The molecule has 8 nitrogen and oxygen atoms in total. The fourth-order valence-electron chi connectivity index (χ4n) is 4.43. The van der Waals surface area contributed by atoms with Gasteiger partial charge in [-0.25, -0.2) is 12.8 Å². The Bertz CT molecular complexity index is 1580. The molecule has 0 spiro atoms. The largest absolute Gasteiger partial charge is 0.457 e. The smallest absolute Gasteiger partial charge is 0.264 e. The zero-order valence-electron chi connectivity index (χ0n) is 23.3. The van der Waals surface area contributed by atoms with Gasteiger partial charge in [0.2, 0.25) is 11.8 Å². The molecule has 4 aromatic carbocycles. The molecule has 0 heterocycles. The van der Waals surface area contributed by atoms with Gasteiger partial charge in [0.25, 0.3) is 10.0 Å². The Morgan fingerprint density at radius 3 is 1.98 bits per heavy atom. The number of rotatable bonds is 12. The van der Waals surface area contributed by atoms with E-state index in [0.29, 0.717) is 17.1 Å². The summed E-state index contributed by atoms with van der Waals surface area (Å²) in [6.07, 6.45) is 0.281. The molecule has 0 aliphatic rings. The fourth-order valence-corrected chi connectivity index (χ4v) is 5.86. The Labute approximate surface area is 245 Å². The molecular weight excluding hydrogens is 557 g/mol. The molecule has 2 amide bonds. The Balaban J connectivity index is 1.70. The summed E-state index contributed by atoms with van der Waals surface area (Å²) in [7, 11) is -2.73. The highest BCUT2D eigenvalue weighted by atomic mass is 32.2. The second kappa shape index (κ2) is 13.8. The van der Waals surface area contributed by atoms with Crippen LogP contribution in [0.5, 0.6) is 11.5 Å². The first-order valence-electron chi connectivity index (χ1n) is 13.4. The summed E-state index contributed by atoms with van der Waals surface area (Å²) in [5, 5.41) is 2.57. The standard InChI is InChI=1S/C32H32FN3O5S/c1-3-30(32(38)34-2)35(22-24-14-16-25(33)17-15-24)31(37)23-36(42(39,40)29-12-8-5-9-13-29)26-18-20-28(21-19-26)41-27-10-6-4-7-11-27/h4-21,30H,3,22-23H2,1-2H3,(H,34,38). The SMILES string of the molecule is CCC(C(=O)NC)N(Cc1ccc(F)cc1)C(=O)CN(c1ccc(Oc2ccccc2)cc1)S(=O)(=O)c1ccccc1. The normalized spacial score (nSPS) is 11.8. The lowest BCUT2D eigenvalue weighted by Crippen LogP contribution is -2.51. The van der Waals surface area contributed by atoms with Crippen molar-refractivity contribution in [3.63, 3.8) is 0 Å². The lowest BCUT2D eigenvalue weighted by Gasteiger charge is -2.33. The maximum atomic E-state index is 13.9. The van der Waals surface area contributed by atoms with E-state index in [1.165, 1.54) is 48.3 Å². The summed E-state index contributed by atoms with van der Waals surface area (Å²) >= 11 is 0. The maximum Gasteiger partial charge on any atom is 0.264 e. The molecule has 1 N–H and O–H groups in total. The Kier molecular flexibility index (Phi) is 9.93. The van der Waals surface area contributed by atoms with Crippen molar-refractivity contribution in [2.24, 2.45) is 0 Å². The first-order valence-corrected chi connectivity index (χ1v) is 14.8. The van der Waals surface area contributed by atoms with Crippen LogP contribution in [0.1, 0.15) is 18.9 Å². The van der Waals surface area contributed by atoms with Gasteiger partial charge in [-0.2, -0.15) is 0 Å². The molecule has 0 bridgehead atoms. The van der Waals surface area contributed by atoms with E-state index in [1.54, 1.807) is 61.5 Å². The number of para-hydroxylation sites is 1. The predicted octanol–water partition coefficient (Wildman–Crippen LogP) is 5.37. The minimum Gasteiger partial charge on any atom is -0.457 e. The highest BCUT2D eigenvalue weighted by molar-refractivity contribution is 7.92. The molecule has 0 fully saturated rings. The zero-order chi connectivity index (χ0) is 30.1. The number of hydrogen-bond donors (Lipinski definition) is 1. The Morgan fingerprint density at radius 2 is 1.40 bits per heavy atom. The summed E-state index contributed by atoms with van der Waals surface area (Å²) in [6.45, 7) is 1.16. The number of carbonyl (C=O) groups excluding carboxylic acids is 2. The van der Waals surface area contributed by atoms with E-state index < -0.39 is 40.2 Å². The van der Waals surface area contributed by atoms with E-state index in [-0.39, 0.29) is 23.5 Å². The Hall–Kier alpha value is -4.70. The van der Waals surface area contributed by atoms with Gasteiger partial charge >= 0.3 is 0 Å². The minimum atomic E-state index is -4.20. The van der Waals surface area contributed by atoms with Crippen LogP contribution in [0.15, 0.2) is 114 Å². The topological polar surface area (TPSA) is 96.0 Å². The first-order chi connectivity index (χ1) is 20.2. The van der Waals surface area contributed by atoms with Crippen molar-refractivity contribution in [3.8, 4) is 11.5 Å². The van der Waals surface area contributed by atoms with E-state index in [9.17, 15) is 22.4 Å². The van der Waals surface area contributed by atoms with Crippen LogP contribution in [0.2, 0.25) is 0 Å². The van der Waals surface area contributed by atoms with Crippen LogP contribution in [-0.2, 0) is 26.2 Å². The second-order valence-electron chi connectivity index (χ2n) is 9.42. The molecule has 218 valence electrons. The molecule has 0 radical (unpaired) electrons. The highest BCUT2D eigenvalue weighted by Crippen LogP contribution is 2.28. The van der Waals surface area contributed by atoms with Crippen LogP contribution < -0.4 is 14.4 Å². The Morgan fingerprint density at radius 1 is 0.833 bits per heavy atom. The summed E-state index contributed by atoms with van der Waals surface area (Å²) in [6, 6.07) is 28.0. The number of carbonyl (C=O) groups is 2. The summed E-state index contributed by atoms with van der Waals surface area (Å²) in [4.78, 5) is 28.1. The van der Waals surface area contributed by atoms with Gasteiger partial charge in [-0.3, -0.25) is 13.9 Å². The number of ether oxygens (including phenoxy) is 1. The van der Waals surface area contributed by atoms with E-state index in [2.05, 4.69) is 5.32 Å². The van der Waals surface area contributed by atoms with E-state index in [4.69, 9.17) is 4.74 Å². The van der Waals surface area contributed by atoms with Gasteiger partial charge in [-0.15, -0.1) is 0 Å². The molecule has 10 heteroatoms. The summed E-state index contributed by atoms with van der Waals surface area (Å²) in [5.74, 6) is -0.330. The summed E-state index contributed by atoms with van der Waals surface area (Å²) < 4.78 is 48.2. The molecule has 0 aliphatic carbocycles. The number of halogens is 1. The van der Waals surface area contributed by atoms with Crippen molar-refractivity contribution in [3.05, 3.63) is 121 Å². The van der Waals surface area contributed by atoms with Crippen LogP contribution in [0.3, 0.4) is 0 Å². The summed E-state index contributed by atoms with van der Waals surface area (Å²) in [5.41, 5.74) is 0.828. The quantitative estimate of drug-likeness (QED) is 0.240. The lowest BCUT2D eigenvalue weighted by atomic mass is 10.1. The molecule has 42 heavy (non-hydrogen) atoms. The molecule has 4 rings (SSSR count). The minimum absolute atomic E-state index is 0.00541. The number of likely N-dealkylation sites (N-methyl/N-ethyl adjacent to an activating group) is 1. The molecule has 0 saturated carbocycles. The number of benzene rings is 4. The molecule has 4 aromatic rings. The van der Waals surface area contributed by atoms with Crippen molar-refractivity contribution in [2.75, 3.05) is 17.9 Å². The van der Waals surface area contributed by atoms with Crippen LogP contribution in [0.25, 0.3) is 0 Å². The number of hydrogen-bond acceptors (Lipinski definition) is 5. The van der Waals surface area contributed by atoms with Gasteiger partial charge in [0, 0.05) is 13.6 Å². The van der Waals surface area contributed by atoms with Gasteiger partial charge in [-0.1, -0.05) is 55.5 Å². The van der Waals surface area contributed by atoms with Crippen molar-refractivity contribution < 1.29 is 27.1 Å². The van der Waals surface area contributed by atoms with E-state index >= 15 is 0 Å². The van der Waals surface area contributed by atoms with E-state index in [1.807, 2.05) is 18.2 Å². The number of sulfonamides is 1. The third-order valence-electron chi connectivity index (χ3n) is 6.61. The lowest BCUT2D eigenvalue weighted by molar-refractivity contribution is -0.140. The molecule has 0 saturated heterocycles. The van der Waals surface area contributed by atoms with Crippen LogP contribution >= 0.6 is 0 Å². The number of anilines is 1. The second-order valence-corrected chi connectivity index (χ2v) is 11.3. The molecule has 0 aromatic heterocycles. The first kappa shape index (κ1) is 30.3. The van der Waals surface area contributed by atoms with E-state index in [0.717, 1.165) is 4.31 Å². The van der Waals surface area contributed by atoms with Crippen molar-refractivity contribution >= 4 is 27.5 Å². The van der Waals surface area contributed by atoms with Gasteiger partial charge in [0.15, 0.2) is 0 Å². The predicted molar refractivity (Wildman–Crippen MR) is 159 cm³/mol. The molecule has 1 unspecified atom stereocenters.